The summed E-state index contributed by atoms with van der Waals surface area (Å²) in [5.74, 6) is -0.245. The number of nitrogens with zero attached hydrogens (tertiary/aromatic N) is 3. The van der Waals surface area contributed by atoms with E-state index < -0.39 is 61.3 Å². The zero-order valence-electron chi connectivity index (χ0n) is 39.3. The summed E-state index contributed by atoms with van der Waals surface area (Å²) in [4.78, 5) is 73.9. The summed E-state index contributed by atoms with van der Waals surface area (Å²) in [6.07, 6.45) is 5.78. The number of hydrogen-bond acceptors (Lipinski definition) is 14. The fourth-order valence-corrected chi connectivity index (χ4v) is 11.0. The molecule has 10 rings (SSSR count). The second kappa shape index (κ2) is 20.0. The van der Waals surface area contributed by atoms with Crippen LogP contribution in [0.25, 0.3) is 5.57 Å². The lowest BCUT2D eigenvalue weighted by atomic mass is 9.85. The Morgan fingerprint density at radius 2 is 1.51 bits per heavy atom. The largest absolute Gasteiger partial charge is 0.492 e. The van der Waals surface area contributed by atoms with Gasteiger partial charge >= 0.3 is 5.97 Å². The molecule has 3 atom stereocenters. The third-order valence-corrected chi connectivity index (χ3v) is 14.9. The van der Waals surface area contributed by atoms with Crippen LogP contribution in [0.4, 0.5) is 11.4 Å². The SMILES string of the molecule is Cc1cc(OCCNC(=O)c2cc([N+](=O)[O-])cc([N+](=O)[O-])c2)ccc1C1=C2C=CC(O)C=C2Oc2cc(OCc3ccc(OCC4=C(C(=O)O)N5C(=O)[C@@H](NC(=O)Cc6ccccc6)[C@H]5SC45CC5)cc3)ccc21. The number of carboxylic acids is 1. The van der Waals surface area contributed by atoms with Crippen LogP contribution in [0.2, 0.25) is 0 Å². The first-order valence-electron chi connectivity index (χ1n) is 23.4. The number of hydrogen-bond donors (Lipinski definition) is 4. The number of benzene rings is 5. The van der Waals surface area contributed by atoms with E-state index >= 15 is 0 Å². The van der Waals surface area contributed by atoms with Crippen molar-refractivity contribution in [2.45, 2.75) is 55.1 Å². The van der Waals surface area contributed by atoms with Crippen LogP contribution < -0.4 is 29.6 Å². The first kappa shape index (κ1) is 48.9. The molecular weight excluding hydrogens is 975 g/mol. The van der Waals surface area contributed by atoms with Crippen molar-refractivity contribution in [1.82, 2.24) is 15.5 Å². The standard InChI is InChI=1S/C54H45N5O14S/c1-30-21-38(70-20-19-55-50(62)33-23-34(58(66)67)25-35(24-33)59(68)69)12-15-40(30)47-41-14-9-36(60)26-44(41)73-45-27-39(13-16-42(45)47)71-28-32-7-10-37(11-8-32)72-29-43-49(53(64)65)57-51(63)48(52(57)74-54(43)17-18-54)56-46(61)22-31-5-3-2-4-6-31/h2-16,21,23-27,36,48,52,60H,17-20,22,28-29H2,1H3,(H,55,62)(H,56,61)(H,64,65)/t36?,48-,52-/m1/s1. The Hall–Kier alpha value is -8.75. The van der Waals surface area contributed by atoms with Gasteiger partial charge in [-0.1, -0.05) is 60.7 Å². The van der Waals surface area contributed by atoms with Gasteiger partial charge in [-0.05, 0) is 84.5 Å². The van der Waals surface area contributed by atoms with Crippen molar-refractivity contribution in [2.24, 2.45) is 0 Å². The Balaban J connectivity index is 0.768. The highest BCUT2D eigenvalue weighted by Crippen LogP contribution is 2.62. The Morgan fingerprint density at radius 1 is 0.838 bits per heavy atom. The number of non-ortho nitro benzene ring substituents is 2. The molecule has 1 unspecified atom stereocenters. The number of allylic oxidation sites excluding steroid dienone is 1. The normalized spacial score (nSPS) is 18.7. The summed E-state index contributed by atoms with van der Waals surface area (Å²) >= 11 is 1.51. The van der Waals surface area contributed by atoms with E-state index in [4.69, 9.17) is 18.9 Å². The van der Waals surface area contributed by atoms with E-state index in [2.05, 4.69) is 10.6 Å². The Labute approximate surface area is 426 Å². The fraction of sp³-hybridized carbons (Fsp3) is 0.222. The third kappa shape index (κ3) is 9.91. The first-order valence-corrected chi connectivity index (χ1v) is 24.3. The fourth-order valence-electron chi connectivity index (χ4n) is 9.28. The molecule has 3 amide bonds. The summed E-state index contributed by atoms with van der Waals surface area (Å²) in [7, 11) is 0. The van der Waals surface area contributed by atoms with E-state index in [1.807, 2.05) is 79.7 Å². The Kier molecular flexibility index (Phi) is 13.2. The predicted octanol–water partition coefficient (Wildman–Crippen LogP) is 7.10. The average molecular weight is 1020 g/mol. The summed E-state index contributed by atoms with van der Waals surface area (Å²) in [5, 5.41) is 48.3. The van der Waals surface area contributed by atoms with Crippen molar-refractivity contribution in [3.05, 3.63) is 204 Å². The number of carbonyl (C=O) groups is 4. The summed E-state index contributed by atoms with van der Waals surface area (Å²) in [6.45, 7) is 2.10. The molecule has 1 saturated carbocycles. The van der Waals surface area contributed by atoms with Gasteiger partial charge in [0.15, 0.2) is 0 Å². The van der Waals surface area contributed by atoms with Crippen LogP contribution in [0, 0.1) is 27.2 Å². The number of aliphatic hydroxyl groups is 1. The molecule has 1 spiro atoms. The molecule has 19 nitrogen and oxygen atoms in total. The van der Waals surface area contributed by atoms with Gasteiger partial charge in [0, 0.05) is 45.2 Å². The van der Waals surface area contributed by atoms with Crippen molar-refractivity contribution in [3.8, 4) is 23.0 Å². The lowest BCUT2D eigenvalue weighted by Gasteiger charge is -2.51. The van der Waals surface area contributed by atoms with Crippen LogP contribution in [-0.4, -0.2) is 90.7 Å². The number of thioether (sulfide) groups is 1. The number of carboxylic acid groups (broad SMARTS) is 1. The van der Waals surface area contributed by atoms with Crippen molar-refractivity contribution in [3.63, 3.8) is 0 Å². The van der Waals surface area contributed by atoms with Gasteiger partial charge in [0.05, 0.1) is 40.5 Å². The second-order valence-electron chi connectivity index (χ2n) is 18.0. The minimum Gasteiger partial charge on any atom is -0.492 e. The molecule has 0 aromatic heterocycles. The quantitative estimate of drug-likeness (QED) is 0.0295. The van der Waals surface area contributed by atoms with Gasteiger partial charge in [-0.15, -0.1) is 11.8 Å². The lowest BCUT2D eigenvalue weighted by molar-refractivity contribution is -0.394. The maximum absolute atomic E-state index is 13.4. The number of aliphatic carboxylic acids is 1. The molecule has 4 N–H and O–H groups in total. The monoisotopic (exact) mass is 1020 g/mol. The predicted molar refractivity (Wildman–Crippen MR) is 268 cm³/mol. The van der Waals surface area contributed by atoms with E-state index in [1.54, 1.807) is 36.4 Å². The number of carbonyl (C=O) groups excluding carboxylic acids is 3. The summed E-state index contributed by atoms with van der Waals surface area (Å²) < 4.78 is 24.2. The second-order valence-corrected chi connectivity index (χ2v) is 19.5. The zero-order valence-corrected chi connectivity index (χ0v) is 40.2. The molecule has 2 fully saturated rings. The van der Waals surface area contributed by atoms with E-state index in [0.717, 1.165) is 70.0 Å². The number of amides is 3. The molecule has 5 aromatic carbocycles. The van der Waals surface area contributed by atoms with Crippen molar-refractivity contribution < 1.29 is 58.2 Å². The maximum Gasteiger partial charge on any atom is 0.352 e. The first-order chi connectivity index (χ1) is 35.6. The number of aryl methyl sites for hydroxylation is 1. The molecule has 0 radical (unpaired) electrons. The van der Waals surface area contributed by atoms with E-state index in [0.29, 0.717) is 34.3 Å². The zero-order chi connectivity index (χ0) is 51.8. The van der Waals surface area contributed by atoms with E-state index in [9.17, 15) is 49.6 Å². The number of nitro groups is 2. The van der Waals surface area contributed by atoms with Crippen LogP contribution in [0.5, 0.6) is 23.0 Å². The van der Waals surface area contributed by atoms with Gasteiger partial charge in [0.2, 0.25) is 5.91 Å². The average Bonchev–Trinajstić information content (AvgIpc) is 4.17. The van der Waals surface area contributed by atoms with Crippen LogP contribution in [0.3, 0.4) is 0 Å². The number of aliphatic hydroxyl groups excluding tert-OH is 1. The minimum absolute atomic E-state index is 0.00364. The highest BCUT2D eigenvalue weighted by atomic mass is 32.2. The number of rotatable bonds is 18. The van der Waals surface area contributed by atoms with Gasteiger partial charge in [0.25, 0.3) is 23.2 Å². The number of nitrogens with one attached hydrogen (secondary N) is 2. The highest BCUT2D eigenvalue weighted by molar-refractivity contribution is 8.02. The summed E-state index contributed by atoms with van der Waals surface area (Å²) in [5.41, 5.74) is 4.78. The van der Waals surface area contributed by atoms with Gasteiger partial charge < -0.3 is 39.8 Å². The minimum atomic E-state index is -1.22. The smallest absolute Gasteiger partial charge is 0.352 e. The Morgan fingerprint density at radius 3 is 2.19 bits per heavy atom. The van der Waals surface area contributed by atoms with Crippen LogP contribution in [0.1, 0.15) is 51.0 Å². The third-order valence-electron chi connectivity index (χ3n) is 13.1. The van der Waals surface area contributed by atoms with Crippen LogP contribution >= 0.6 is 11.8 Å². The topological polar surface area (TPSA) is 259 Å². The number of ether oxygens (including phenoxy) is 4. The molecule has 5 aliphatic rings. The van der Waals surface area contributed by atoms with Crippen LogP contribution in [-0.2, 0) is 27.4 Å². The number of fused-ring (bicyclic) bond motifs is 3. The van der Waals surface area contributed by atoms with Gasteiger partial charge in [0.1, 0.15) is 65.7 Å². The molecule has 5 aromatic rings. The maximum atomic E-state index is 13.4. The van der Waals surface area contributed by atoms with Crippen molar-refractivity contribution >= 4 is 52.4 Å². The number of β-lactam (4-membered cyclic amide) rings is 1. The van der Waals surface area contributed by atoms with Gasteiger partial charge in [-0.3, -0.25) is 39.5 Å². The van der Waals surface area contributed by atoms with Gasteiger partial charge in [-0.25, -0.2) is 4.79 Å². The lowest BCUT2D eigenvalue weighted by Crippen LogP contribution is -2.71. The van der Waals surface area contributed by atoms with Crippen molar-refractivity contribution in [2.75, 3.05) is 19.8 Å². The molecule has 376 valence electrons. The van der Waals surface area contributed by atoms with E-state index in [1.165, 1.54) is 16.7 Å². The molecule has 20 heteroatoms. The highest BCUT2D eigenvalue weighted by Gasteiger charge is 2.64. The molecule has 2 aliphatic carbocycles. The molecule has 3 heterocycles. The molecule has 3 aliphatic heterocycles. The van der Waals surface area contributed by atoms with Crippen molar-refractivity contribution in [1.29, 1.82) is 0 Å². The molecular formula is C54H45N5O14S. The summed E-state index contributed by atoms with van der Waals surface area (Å²) in [6, 6.07) is 29.3. The van der Waals surface area contributed by atoms with E-state index in [-0.39, 0.29) is 50.0 Å². The molecule has 1 saturated heterocycles. The van der Waals surface area contributed by atoms with Gasteiger partial charge in [-0.2, -0.15) is 0 Å². The Bertz CT molecular complexity index is 3260. The molecule has 0 bridgehead atoms. The number of nitro benzene ring substituents is 2. The van der Waals surface area contributed by atoms with Crippen LogP contribution in [0.15, 0.2) is 150 Å². The molecule has 74 heavy (non-hydrogen) atoms.